The predicted molar refractivity (Wildman–Crippen MR) is 243 cm³/mol. The molecule has 0 aromatic carbocycles. The number of hydrogen-bond acceptors (Lipinski definition) is 12. The SMILES string of the molecule is C=CC(=O)N1CC[C@H](C(=O)N(C)[C@H](C(=O)N[C@H]2Cc3csc(n3)-c3cnc4c(c3)c(c(-c3cccnc3[C@H](C)OC)n4CC)CC(C)(C)COC(=O)[C@@H]3CCCN(N3)C2=O)C(C)C)C1. The van der Waals surface area contributed by atoms with Gasteiger partial charge in [-0.3, -0.25) is 34.0 Å². The molecule has 0 saturated carbocycles. The summed E-state index contributed by atoms with van der Waals surface area (Å²) in [6.07, 6.45) is 6.59. The number of cyclic esters (lactones) is 1. The summed E-state index contributed by atoms with van der Waals surface area (Å²) in [6, 6.07) is 3.29. The number of fused-ring (bicyclic) bond motifs is 6. The Morgan fingerprint density at radius 1 is 1.17 bits per heavy atom. The maximum atomic E-state index is 14.6. The standard InChI is InChI=1S/C47H61N9O7S/c1-10-37(57)54-19-16-29(24-54)44(59)53(8)39(27(3)4)42(58)51-36-21-31-25-64-43(50-31)30-20-33-34(22-47(6,7)26-63-46(61)35-15-13-18-56(52-35)45(36)60)40(55(11-2)41(33)49-23-30)32-14-12-17-48-38(32)28(5)62-9/h10,12,14,17,20,23,25,27-29,35-36,39,52H,1,11,13,15-16,18-19,21-22,24,26H2,2-9H3,(H,51,58)/t28-,29-,35-,36-,39-/m0/s1. The van der Waals surface area contributed by atoms with Crippen LogP contribution in [-0.2, 0) is 52.8 Å². The number of methoxy groups -OCH3 is 1. The Morgan fingerprint density at radius 2 is 1.95 bits per heavy atom. The second kappa shape index (κ2) is 19.3. The van der Waals surface area contributed by atoms with Crippen molar-refractivity contribution in [3.05, 3.63) is 65.6 Å². The molecule has 17 heteroatoms. The molecule has 64 heavy (non-hydrogen) atoms. The van der Waals surface area contributed by atoms with Crippen molar-refractivity contribution in [1.82, 2.24) is 45.1 Å². The zero-order chi connectivity index (χ0) is 46.0. The first-order valence-corrected chi connectivity index (χ1v) is 23.1. The van der Waals surface area contributed by atoms with Gasteiger partial charge in [-0.1, -0.05) is 34.3 Å². The molecule has 0 aliphatic carbocycles. The monoisotopic (exact) mass is 895 g/mol. The molecule has 3 aliphatic heterocycles. The minimum Gasteiger partial charge on any atom is -0.464 e. The molecule has 4 aromatic heterocycles. The van der Waals surface area contributed by atoms with Crippen molar-refractivity contribution in [3.63, 3.8) is 0 Å². The lowest BCUT2D eigenvalue weighted by molar-refractivity contribution is -0.155. The fourth-order valence-corrected chi connectivity index (χ4v) is 10.1. The summed E-state index contributed by atoms with van der Waals surface area (Å²) in [5.41, 5.74) is 8.51. The number of nitrogens with zero attached hydrogens (tertiary/aromatic N) is 7. The second-order valence-corrected chi connectivity index (χ2v) is 19.1. The highest BCUT2D eigenvalue weighted by atomic mass is 32.1. The Hall–Kier alpha value is -5.52. The number of esters is 1. The number of rotatable bonds is 10. The minimum atomic E-state index is -1.10. The number of hydrogen-bond donors (Lipinski definition) is 2. The molecule has 16 nitrogen and oxygen atoms in total. The molecule has 2 N–H and O–H groups in total. The van der Waals surface area contributed by atoms with Crippen LogP contribution in [0.2, 0.25) is 0 Å². The summed E-state index contributed by atoms with van der Waals surface area (Å²) in [5, 5.41) is 7.93. The lowest BCUT2D eigenvalue weighted by Gasteiger charge is -2.37. The Bertz CT molecular complexity index is 2430. The number of carbonyl (C=O) groups is 5. The highest BCUT2D eigenvalue weighted by Crippen LogP contribution is 2.41. The topological polar surface area (TPSA) is 181 Å². The third-order valence-electron chi connectivity index (χ3n) is 12.7. The lowest BCUT2D eigenvalue weighted by atomic mass is 9.84. The van der Waals surface area contributed by atoms with Crippen LogP contribution in [0.5, 0.6) is 0 Å². The molecule has 0 unspecified atom stereocenters. The van der Waals surface area contributed by atoms with Gasteiger partial charge in [0.2, 0.25) is 17.7 Å². The van der Waals surface area contributed by atoms with Crippen molar-refractivity contribution in [2.45, 2.75) is 104 Å². The van der Waals surface area contributed by atoms with Gasteiger partial charge in [-0.05, 0) is 75.3 Å². The predicted octanol–water partition coefficient (Wildman–Crippen LogP) is 5.12. The lowest BCUT2D eigenvalue weighted by Crippen LogP contribution is -2.62. The van der Waals surface area contributed by atoms with Crippen LogP contribution in [0.1, 0.15) is 83.9 Å². The highest BCUT2D eigenvalue weighted by Gasteiger charge is 2.40. The number of ether oxygens (including phenoxy) is 2. The van der Waals surface area contributed by atoms with Gasteiger partial charge in [-0.15, -0.1) is 11.3 Å². The molecule has 342 valence electrons. The highest BCUT2D eigenvalue weighted by molar-refractivity contribution is 7.13. The first kappa shape index (κ1) is 46.5. The first-order valence-electron chi connectivity index (χ1n) is 22.2. The van der Waals surface area contributed by atoms with Crippen molar-refractivity contribution in [2.24, 2.45) is 17.3 Å². The minimum absolute atomic E-state index is 0.0467. The van der Waals surface area contributed by atoms with E-state index in [1.54, 1.807) is 25.3 Å². The van der Waals surface area contributed by atoms with Gasteiger partial charge < -0.3 is 29.2 Å². The number of aryl methyl sites for hydroxylation is 1. The summed E-state index contributed by atoms with van der Waals surface area (Å²) in [6.45, 7) is 17.2. The fourth-order valence-electron chi connectivity index (χ4n) is 9.30. The summed E-state index contributed by atoms with van der Waals surface area (Å²) < 4.78 is 14.1. The van der Waals surface area contributed by atoms with Crippen molar-refractivity contribution in [1.29, 1.82) is 0 Å². The fraction of sp³-hybridized carbons (Fsp3) is 0.532. The maximum absolute atomic E-state index is 14.6. The van der Waals surface area contributed by atoms with Crippen LogP contribution < -0.4 is 10.7 Å². The third-order valence-corrected chi connectivity index (χ3v) is 13.6. The van der Waals surface area contributed by atoms with Gasteiger partial charge >= 0.3 is 5.97 Å². The second-order valence-electron chi connectivity index (χ2n) is 18.3. The van der Waals surface area contributed by atoms with E-state index in [0.717, 1.165) is 39.1 Å². The van der Waals surface area contributed by atoms with E-state index in [-0.39, 0.29) is 43.4 Å². The van der Waals surface area contributed by atoms with E-state index in [1.807, 2.05) is 38.4 Å². The molecule has 0 spiro atoms. The smallest absolute Gasteiger partial charge is 0.324 e. The van der Waals surface area contributed by atoms with Crippen LogP contribution in [0.15, 0.2) is 48.6 Å². The number of nitrogens with one attached hydrogen (secondary N) is 2. The average molecular weight is 896 g/mol. The molecule has 0 radical (unpaired) electrons. The number of carbonyl (C=O) groups excluding carboxylic acids is 5. The molecule has 2 fully saturated rings. The zero-order valence-corrected chi connectivity index (χ0v) is 39.0. The van der Waals surface area contributed by atoms with Gasteiger partial charge in [0.1, 0.15) is 28.8 Å². The number of thiazole rings is 1. The molecule has 4 aromatic rings. The summed E-state index contributed by atoms with van der Waals surface area (Å²) in [7, 11) is 3.26. The normalized spacial score (nSPS) is 21.3. The Labute approximate surface area is 378 Å². The number of amides is 4. The van der Waals surface area contributed by atoms with Crippen molar-refractivity contribution >= 4 is 52.0 Å². The third kappa shape index (κ3) is 9.47. The average Bonchev–Trinajstić information content (AvgIpc) is 4.05. The number of pyridine rings is 2. The van der Waals surface area contributed by atoms with Crippen LogP contribution in [0, 0.1) is 17.3 Å². The van der Waals surface area contributed by atoms with Crippen molar-refractivity contribution < 1.29 is 33.4 Å². The van der Waals surface area contributed by atoms with Crippen molar-refractivity contribution in [2.75, 3.05) is 40.4 Å². The summed E-state index contributed by atoms with van der Waals surface area (Å²) >= 11 is 1.42. The molecule has 3 aliphatic rings. The van der Waals surface area contributed by atoms with E-state index in [2.05, 4.69) is 54.8 Å². The largest absolute Gasteiger partial charge is 0.464 e. The quantitative estimate of drug-likeness (QED) is 0.160. The summed E-state index contributed by atoms with van der Waals surface area (Å²) in [5.74, 6) is -2.69. The van der Waals surface area contributed by atoms with E-state index in [9.17, 15) is 24.0 Å². The van der Waals surface area contributed by atoms with Crippen molar-refractivity contribution in [3.8, 4) is 21.8 Å². The molecule has 7 rings (SSSR count). The maximum Gasteiger partial charge on any atom is 0.324 e. The molecule has 7 heterocycles. The number of likely N-dealkylation sites (tertiary alicyclic amines) is 1. The van der Waals surface area contributed by atoms with Gasteiger partial charge in [-0.2, -0.15) is 0 Å². The van der Waals surface area contributed by atoms with E-state index in [0.29, 0.717) is 56.0 Å². The molecular formula is C47H61N9O7S. The van der Waals surface area contributed by atoms with E-state index in [4.69, 9.17) is 24.4 Å². The molecular weight excluding hydrogens is 835 g/mol. The zero-order valence-electron chi connectivity index (χ0n) is 38.2. The van der Waals surface area contributed by atoms with Crippen LogP contribution in [0.3, 0.4) is 0 Å². The van der Waals surface area contributed by atoms with E-state index < -0.39 is 47.2 Å². The Kier molecular flexibility index (Phi) is 14.0. The number of aromatic nitrogens is 4. The van der Waals surface area contributed by atoms with E-state index >= 15 is 0 Å². The van der Waals surface area contributed by atoms with Crippen LogP contribution >= 0.6 is 11.3 Å². The number of hydrazine groups is 1. The van der Waals surface area contributed by atoms with Crippen LogP contribution in [0.25, 0.3) is 32.9 Å². The van der Waals surface area contributed by atoms with Crippen LogP contribution in [-0.4, -0.2) is 122 Å². The van der Waals surface area contributed by atoms with Gasteiger partial charge in [0, 0.05) is 86.5 Å². The van der Waals surface area contributed by atoms with Crippen LogP contribution in [0.4, 0.5) is 0 Å². The molecule has 4 amide bonds. The number of likely N-dealkylation sites (N-methyl/N-ethyl adjacent to an activating group) is 1. The molecule has 5 atom stereocenters. The van der Waals surface area contributed by atoms with Gasteiger partial charge in [0.15, 0.2) is 0 Å². The Balaban J connectivity index is 1.27. The molecule has 6 bridgehead atoms. The van der Waals surface area contributed by atoms with E-state index in [1.165, 1.54) is 27.3 Å². The summed E-state index contributed by atoms with van der Waals surface area (Å²) in [4.78, 5) is 86.8. The Morgan fingerprint density at radius 3 is 2.67 bits per heavy atom. The molecule has 2 saturated heterocycles. The van der Waals surface area contributed by atoms with Gasteiger partial charge in [0.25, 0.3) is 5.91 Å². The van der Waals surface area contributed by atoms with Gasteiger partial charge in [-0.25, -0.2) is 15.4 Å². The first-order chi connectivity index (χ1) is 30.5. The van der Waals surface area contributed by atoms with Gasteiger partial charge in [0.05, 0.1) is 35.7 Å².